The summed E-state index contributed by atoms with van der Waals surface area (Å²) in [5.41, 5.74) is 4.47. The molecule has 2 amide bonds. The molecule has 1 fully saturated rings. The van der Waals surface area contributed by atoms with Crippen LogP contribution in [0.4, 0.5) is 4.39 Å². The quantitative estimate of drug-likeness (QED) is 0.620. The molecule has 8 nitrogen and oxygen atoms in total. The fraction of sp³-hybridized carbons (Fsp3) is 0.368. The predicted octanol–water partition coefficient (Wildman–Crippen LogP) is 1.83. The maximum Gasteiger partial charge on any atom is 0.279 e. The minimum Gasteiger partial charge on any atom is -0.478 e. The van der Waals surface area contributed by atoms with Crippen molar-refractivity contribution < 1.29 is 27.1 Å². The molecular formula is C19H22FN3O5S2. The first-order valence-electron chi connectivity index (χ1n) is 9.36. The topological polar surface area (TPSA) is 105 Å². The number of carbonyl (C=O) groups excluding carboxylic acids is 2. The second-order valence-corrected chi connectivity index (χ2v) is 10.1. The van der Waals surface area contributed by atoms with Crippen LogP contribution in [-0.4, -0.2) is 43.7 Å². The number of rotatable bonds is 7. The van der Waals surface area contributed by atoms with Crippen LogP contribution in [-0.2, 0) is 26.0 Å². The van der Waals surface area contributed by atoms with E-state index in [9.17, 15) is 22.4 Å². The van der Waals surface area contributed by atoms with Gasteiger partial charge in [-0.1, -0.05) is 12.1 Å². The van der Waals surface area contributed by atoms with Crippen molar-refractivity contribution in [3.8, 4) is 5.75 Å². The fourth-order valence-electron chi connectivity index (χ4n) is 2.87. The lowest BCUT2D eigenvalue weighted by Gasteiger charge is -2.15. The van der Waals surface area contributed by atoms with E-state index in [0.717, 1.165) is 24.2 Å². The van der Waals surface area contributed by atoms with E-state index in [2.05, 4.69) is 10.9 Å². The Hall–Kier alpha value is -2.50. The molecule has 1 aliphatic heterocycles. The van der Waals surface area contributed by atoms with Crippen LogP contribution in [0.2, 0.25) is 0 Å². The van der Waals surface area contributed by atoms with E-state index in [0.29, 0.717) is 18.0 Å². The zero-order valence-corrected chi connectivity index (χ0v) is 17.9. The van der Waals surface area contributed by atoms with Crippen LogP contribution in [0.15, 0.2) is 40.6 Å². The van der Waals surface area contributed by atoms with Crippen LogP contribution >= 0.6 is 11.3 Å². The lowest BCUT2D eigenvalue weighted by Crippen LogP contribution is -2.47. The smallest absolute Gasteiger partial charge is 0.279 e. The SMILES string of the molecule is CC(Oc1ccccc1F)C(=O)NNC(=O)Cc1ccc(S(=O)(=O)N2CCCC2)s1. The summed E-state index contributed by atoms with van der Waals surface area (Å²) < 4.78 is 45.5. The zero-order valence-electron chi connectivity index (χ0n) is 16.3. The Morgan fingerprint density at radius 1 is 1.17 bits per heavy atom. The van der Waals surface area contributed by atoms with Gasteiger partial charge >= 0.3 is 0 Å². The van der Waals surface area contributed by atoms with Crippen molar-refractivity contribution in [2.24, 2.45) is 0 Å². The highest BCUT2D eigenvalue weighted by Crippen LogP contribution is 2.27. The number of nitrogens with zero attached hydrogens (tertiary/aromatic N) is 1. The fourth-order valence-corrected chi connectivity index (χ4v) is 5.89. The Kier molecular flexibility index (Phi) is 7.06. The molecule has 162 valence electrons. The standard InChI is InChI=1S/C19H22FN3O5S2/c1-13(28-16-7-3-2-6-15(16)20)19(25)22-21-17(24)12-14-8-9-18(29-14)30(26,27)23-10-4-5-11-23/h2-3,6-9,13H,4-5,10-12H2,1H3,(H,21,24)(H,22,25). The lowest BCUT2D eigenvalue weighted by atomic mass is 10.3. The number of sulfonamides is 1. The van der Waals surface area contributed by atoms with Gasteiger partial charge in [0.1, 0.15) is 4.21 Å². The maximum absolute atomic E-state index is 13.6. The van der Waals surface area contributed by atoms with Gasteiger partial charge in [0, 0.05) is 18.0 Å². The average molecular weight is 456 g/mol. The molecule has 2 heterocycles. The van der Waals surface area contributed by atoms with Gasteiger partial charge < -0.3 is 4.74 Å². The monoisotopic (exact) mass is 455 g/mol. The summed E-state index contributed by atoms with van der Waals surface area (Å²) in [5.74, 6) is -1.85. The third-order valence-electron chi connectivity index (χ3n) is 4.47. The summed E-state index contributed by atoms with van der Waals surface area (Å²) in [7, 11) is -3.52. The number of thiophene rings is 1. The molecule has 0 aliphatic carbocycles. The maximum atomic E-state index is 13.6. The van der Waals surface area contributed by atoms with Crippen molar-refractivity contribution in [3.63, 3.8) is 0 Å². The number of carbonyl (C=O) groups is 2. The summed E-state index contributed by atoms with van der Waals surface area (Å²) in [6.45, 7) is 2.44. The number of halogens is 1. The van der Waals surface area contributed by atoms with Crippen molar-refractivity contribution in [2.45, 2.75) is 36.5 Å². The Morgan fingerprint density at radius 3 is 2.57 bits per heavy atom. The molecule has 1 saturated heterocycles. The average Bonchev–Trinajstić information content (AvgIpc) is 3.40. The highest BCUT2D eigenvalue weighted by Gasteiger charge is 2.28. The van der Waals surface area contributed by atoms with Crippen LogP contribution in [0.3, 0.4) is 0 Å². The van der Waals surface area contributed by atoms with Gasteiger partial charge in [0.25, 0.3) is 15.9 Å². The van der Waals surface area contributed by atoms with Gasteiger partial charge in [0.05, 0.1) is 6.42 Å². The first-order chi connectivity index (χ1) is 14.3. The summed E-state index contributed by atoms with van der Waals surface area (Å²) >= 11 is 1.03. The summed E-state index contributed by atoms with van der Waals surface area (Å²) in [5, 5.41) is 0. The van der Waals surface area contributed by atoms with E-state index in [-0.39, 0.29) is 16.4 Å². The van der Waals surface area contributed by atoms with Crippen molar-refractivity contribution in [2.75, 3.05) is 13.1 Å². The second kappa shape index (κ2) is 9.54. The summed E-state index contributed by atoms with van der Waals surface area (Å²) in [6, 6.07) is 8.75. The van der Waals surface area contributed by atoms with Gasteiger partial charge in [-0.3, -0.25) is 20.4 Å². The van der Waals surface area contributed by atoms with Gasteiger partial charge in [0.15, 0.2) is 17.7 Å². The third-order valence-corrected chi connectivity index (χ3v) is 7.92. The molecular weight excluding hydrogens is 433 g/mol. The minimum atomic E-state index is -3.52. The lowest BCUT2D eigenvalue weighted by molar-refractivity contribution is -0.132. The van der Waals surface area contributed by atoms with Crippen molar-refractivity contribution >= 4 is 33.2 Å². The van der Waals surface area contributed by atoms with Crippen LogP contribution < -0.4 is 15.6 Å². The second-order valence-electron chi connectivity index (χ2n) is 6.74. The molecule has 11 heteroatoms. The Morgan fingerprint density at radius 2 is 1.87 bits per heavy atom. The number of hydrazine groups is 1. The van der Waals surface area contributed by atoms with Crippen LogP contribution in [0.1, 0.15) is 24.6 Å². The largest absolute Gasteiger partial charge is 0.478 e. The van der Waals surface area contributed by atoms with Crippen LogP contribution in [0, 0.1) is 5.82 Å². The van der Waals surface area contributed by atoms with Gasteiger partial charge in [-0.05, 0) is 44.0 Å². The minimum absolute atomic E-state index is 0.0724. The van der Waals surface area contributed by atoms with Crippen molar-refractivity contribution in [1.29, 1.82) is 0 Å². The molecule has 0 bridgehead atoms. The molecule has 1 aromatic carbocycles. The number of benzene rings is 1. The highest BCUT2D eigenvalue weighted by molar-refractivity contribution is 7.91. The molecule has 0 radical (unpaired) electrons. The summed E-state index contributed by atoms with van der Waals surface area (Å²) in [4.78, 5) is 24.7. The number of amides is 2. The molecule has 30 heavy (non-hydrogen) atoms. The number of para-hydroxylation sites is 1. The number of hydrogen-bond acceptors (Lipinski definition) is 6. The Balaban J connectivity index is 1.49. The normalized spacial score (nSPS) is 15.5. The van der Waals surface area contributed by atoms with E-state index in [4.69, 9.17) is 4.74 Å². The van der Waals surface area contributed by atoms with Crippen molar-refractivity contribution in [3.05, 3.63) is 47.1 Å². The molecule has 1 aliphatic rings. The van der Waals surface area contributed by atoms with Gasteiger partial charge in [-0.2, -0.15) is 4.31 Å². The molecule has 0 spiro atoms. The van der Waals surface area contributed by atoms with Crippen LogP contribution in [0.5, 0.6) is 5.75 Å². The van der Waals surface area contributed by atoms with E-state index >= 15 is 0 Å². The van der Waals surface area contributed by atoms with Crippen molar-refractivity contribution in [1.82, 2.24) is 15.2 Å². The van der Waals surface area contributed by atoms with E-state index < -0.39 is 33.8 Å². The number of nitrogens with one attached hydrogen (secondary N) is 2. The van der Waals surface area contributed by atoms with E-state index in [1.165, 1.54) is 35.5 Å². The van der Waals surface area contributed by atoms with Gasteiger partial charge in [0.2, 0.25) is 5.91 Å². The Labute approximate surface area is 178 Å². The molecule has 1 aromatic heterocycles. The predicted molar refractivity (Wildman–Crippen MR) is 109 cm³/mol. The number of hydrogen-bond donors (Lipinski definition) is 2. The molecule has 2 aromatic rings. The molecule has 3 rings (SSSR count). The molecule has 2 N–H and O–H groups in total. The summed E-state index contributed by atoms with van der Waals surface area (Å²) in [6.07, 6.45) is 0.557. The zero-order chi connectivity index (χ0) is 21.7. The van der Waals surface area contributed by atoms with Gasteiger partial charge in [-0.15, -0.1) is 11.3 Å². The molecule has 0 saturated carbocycles. The van der Waals surface area contributed by atoms with Crippen LogP contribution in [0.25, 0.3) is 0 Å². The first-order valence-corrected chi connectivity index (χ1v) is 11.6. The van der Waals surface area contributed by atoms with E-state index in [1.807, 2.05) is 0 Å². The highest BCUT2D eigenvalue weighted by atomic mass is 32.2. The molecule has 1 atom stereocenters. The third kappa shape index (κ3) is 5.35. The number of ether oxygens (including phenoxy) is 1. The van der Waals surface area contributed by atoms with E-state index in [1.54, 1.807) is 12.1 Å². The molecule has 1 unspecified atom stereocenters. The van der Waals surface area contributed by atoms with Gasteiger partial charge in [-0.25, -0.2) is 12.8 Å². The Bertz CT molecular complexity index is 1020. The first kappa shape index (κ1) is 22.2.